The first-order valence-corrected chi connectivity index (χ1v) is 12.4. The number of esters is 1. The number of methoxy groups -OCH3 is 1. The molecule has 168 valence electrons. The van der Waals surface area contributed by atoms with E-state index in [1.165, 1.54) is 30.2 Å². The van der Waals surface area contributed by atoms with Gasteiger partial charge >= 0.3 is 5.97 Å². The molecule has 0 saturated carbocycles. The van der Waals surface area contributed by atoms with Gasteiger partial charge in [0.05, 0.1) is 28.5 Å². The van der Waals surface area contributed by atoms with E-state index in [0.29, 0.717) is 31.6 Å². The number of amides is 1. The van der Waals surface area contributed by atoms with Gasteiger partial charge in [-0.05, 0) is 49.4 Å². The summed E-state index contributed by atoms with van der Waals surface area (Å²) in [5, 5.41) is 13.3. The van der Waals surface area contributed by atoms with E-state index in [-0.39, 0.29) is 11.7 Å². The zero-order chi connectivity index (χ0) is 22.8. The second-order valence-corrected chi connectivity index (χ2v) is 10.1. The molecular formula is C21H20Cl2N4O3S2. The van der Waals surface area contributed by atoms with Crippen molar-refractivity contribution in [3.05, 3.63) is 44.2 Å². The Morgan fingerprint density at radius 3 is 2.75 bits per heavy atom. The van der Waals surface area contributed by atoms with E-state index in [1.807, 2.05) is 13.1 Å². The number of aromatic nitrogens is 3. The smallest absolute Gasteiger partial charge is 0.341 e. The van der Waals surface area contributed by atoms with E-state index < -0.39 is 5.97 Å². The molecular weight excluding hydrogens is 491 g/mol. The Labute approximate surface area is 203 Å². The van der Waals surface area contributed by atoms with Crippen LogP contribution < -0.4 is 5.32 Å². The molecule has 1 aromatic carbocycles. The molecule has 3 aromatic rings. The molecule has 32 heavy (non-hydrogen) atoms. The predicted molar refractivity (Wildman–Crippen MR) is 128 cm³/mol. The first-order valence-electron chi connectivity index (χ1n) is 9.89. The number of carbonyl (C=O) groups is 2. The number of anilines is 1. The molecule has 0 atom stereocenters. The van der Waals surface area contributed by atoms with Gasteiger partial charge in [0.2, 0.25) is 5.91 Å². The molecule has 1 aliphatic carbocycles. The quantitative estimate of drug-likeness (QED) is 0.360. The van der Waals surface area contributed by atoms with Crippen molar-refractivity contribution in [1.29, 1.82) is 0 Å². The van der Waals surface area contributed by atoms with Crippen LogP contribution in [0.3, 0.4) is 0 Å². The molecule has 7 nitrogen and oxygen atoms in total. The van der Waals surface area contributed by atoms with Crippen molar-refractivity contribution in [2.45, 2.75) is 30.8 Å². The van der Waals surface area contributed by atoms with Crippen LogP contribution in [0.4, 0.5) is 5.00 Å². The first-order chi connectivity index (χ1) is 15.4. The maximum atomic E-state index is 12.7. The number of nitrogens with zero attached hydrogens (tertiary/aromatic N) is 3. The van der Waals surface area contributed by atoms with Crippen LogP contribution in [0.25, 0.3) is 11.4 Å². The maximum absolute atomic E-state index is 12.7. The van der Waals surface area contributed by atoms with E-state index in [9.17, 15) is 9.59 Å². The minimum absolute atomic E-state index is 0.122. The molecule has 0 fully saturated rings. The van der Waals surface area contributed by atoms with Crippen molar-refractivity contribution < 1.29 is 14.3 Å². The van der Waals surface area contributed by atoms with E-state index in [4.69, 9.17) is 27.9 Å². The molecule has 0 bridgehead atoms. The summed E-state index contributed by atoms with van der Waals surface area (Å²) in [5.74, 6) is 0.103. The van der Waals surface area contributed by atoms with Crippen LogP contribution in [0.15, 0.2) is 23.4 Å². The number of thiophene rings is 1. The highest BCUT2D eigenvalue weighted by Crippen LogP contribution is 2.38. The van der Waals surface area contributed by atoms with Gasteiger partial charge in [0.25, 0.3) is 0 Å². The lowest BCUT2D eigenvalue weighted by molar-refractivity contribution is -0.113. The number of benzene rings is 1. The SMILES string of the molecule is COC(=O)c1c(NC(=O)CSc2nnc(-c3ccc(Cl)c(Cl)c3)n2C)sc2c1CCCC2. The second kappa shape index (κ2) is 9.82. The number of nitrogens with one attached hydrogen (secondary N) is 1. The monoisotopic (exact) mass is 510 g/mol. The Kier molecular flexibility index (Phi) is 7.09. The lowest BCUT2D eigenvalue weighted by atomic mass is 9.95. The Bertz CT molecular complexity index is 1190. The van der Waals surface area contributed by atoms with Crippen molar-refractivity contribution >= 4 is 63.2 Å². The van der Waals surface area contributed by atoms with Crippen molar-refractivity contribution in [3.8, 4) is 11.4 Å². The molecule has 4 rings (SSSR count). The number of ether oxygens (including phenoxy) is 1. The molecule has 2 heterocycles. The van der Waals surface area contributed by atoms with E-state index in [1.54, 1.807) is 16.7 Å². The van der Waals surface area contributed by atoms with Crippen molar-refractivity contribution in [1.82, 2.24) is 14.8 Å². The van der Waals surface area contributed by atoms with Gasteiger partial charge in [-0.25, -0.2) is 4.79 Å². The van der Waals surface area contributed by atoms with Gasteiger partial charge in [-0.2, -0.15) is 0 Å². The van der Waals surface area contributed by atoms with Gasteiger partial charge in [-0.3, -0.25) is 4.79 Å². The van der Waals surface area contributed by atoms with Crippen LogP contribution in [-0.4, -0.2) is 39.5 Å². The van der Waals surface area contributed by atoms with Crippen LogP contribution >= 0.6 is 46.3 Å². The Morgan fingerprint density at radius 1 is 1.22 bits per heavy atom. The van der Waals surface area contributed by atoms with Crippen LogP contribution in [0.1, 0.15) is 33.6 Å². The number of rotatable bonds is 6. The summed E-state index contributed by atoms with van der Waals surface area (Å²) in [6.45, 7) is 0. The van der Waals surface area contributed by atoms with Crippen molar-refractivity contribution in [2.24, 2.45) is 7.05 Å². The van der Waals surface area contributed by atoms with Crippen molar-refractivity contribution in [2.75, 3.05) is 18.2 Å². The number of aryl methyl sites for hydroxylation is 1. The zero-order valence-corrected chi connectivity index (χ0v) is 20.6. The Balaban J connectivity index is 1.46. The summed E-state index contributed by atoms with van der Waals surface area (Å²) in [4.78, 5) is 26.2. The van der Waals surface area contributed by atoms with Gasteiger partial charge in [0.1, 0.15) is 5.00 Å². The molecule has 0 aliphatic heterocycles. The third-order valence-corrected chi connectivity index (χ3v) is 8.13. The van der Waals surface area contributed by atoms with Crippen LogP contribution in [0.2, 0.25) is 10.0 Å². The van der Waals surface area contributed by atoms with Gasteiger partial charge < -0.3 is 14.6 Å². The highest BCUT2D eigenvalue weighted by molar-refractivity contribution is 7.99. The fourth-order valence-corrected chi connectivity index (χ4v) is 5.89. The summed E-state index contributed by atoms with van der Waals surface area (Å²) in [7, 11) is 3.18. The highest BCUT2D eigenvalue weighted by Gasteiger charge is 2.27. The summed E-state index contributed by atoms with van der Waals surface area (Å²) >= 11 is 14.8. The average Bonchev–Trinajstić information content (AvgIpc) is 3.33. The molecule has 0 saturated heterocycles. The summed E-state index contributed by atoms with van der Waals surface area (Å²) in [6.07, 6.45) is 3.87. The van der Waals surface area contributed by atoms with E-state index >= 15 is 0 Å². The lowest BCUT2D eigenvalue weighted by Crippen LogP contribution is -2.17. The fraction of sp³-hybridized carbons (Fsp3) is 0.333. The van der Waals surface area contributed by atoms with Gasteiger partial charge in [-0.1, -0.05) is 35.0 Å². The maximum Gasteiger partial charge on any atom is 0.341 e. The third-order valence-electron chi connectivity index (χ3n) is 5.16. The Morgan fingerprint density at radius 2 is 2.00 bits per heavy atom. The first kappa shape index (κ1) is 23.1. The molecule has 0 spiro atoms. The van der Waals surface area contributed by atoms with Gasteiger partial charge in [-0.15, -0.1) is 21.5 Å². The van der Waals surface area contributed by atoms with E-state index in [2.05, 4.69) is 15.5 Å². The standard InChI is InChI=1S/C21H20Cl2N4O3S2/c1-27-18(11-7-8-13(22)14(23)9-11)25-26-21(27)31-10-16(28)24-19-17(20(29)30-2)12-5-3-4-6-15(12)32-19/h7-9H,3-6,10H2,1-2H3,(H,24,28). The van der Waals surface area contributed by atoms with Crippen LogP contribution in [0.5, 0.6) is 0 Å². The molecule has 1 N–H and O–H groups in total. The molecule has 11 heteroatoms. The molecule has 1 aliphatic rings. The van der Waals surface area contributed by atoms with Gasteiger partial charge in [0, 0.05) is 17.5 Å². The highest BCUT2D eigenvalue weighted by atomic mass is 35.5. The van der Waals surface area contributed by atoms with E-state index in [0.717, 1.165) is 41.7 Å². The van der Waals surface area contributed by atoms with Crippen LogP contribution in [-0.2, 0) is 29.4 Å². The number of hydrogen-bond donors (Lipinski definition) is 1. The zero-order valence-electron chi connectivity index (χ0n) is 17.4. The molecule has 0 radical (unpaired) electrons. The number of hydrogen-bond acceptors (Lipinski definition) is 7. The molecule has 1 amide bonds. The summed E-state index contributed by atoms with van der Waals surface area (Å²) in [6, 6.07) is 5.24. The minimum Gasteiger partial charge on any atom is -0.465 e. The largest absolute Gasteiger partial charge is 0.465 e. The Hall–Kier alpha value is -2.07. The summed E-state index contributed by atoms with van der Waals surface area (Å²) < 4.78 is 6.75. The number of carbonyl (C=O) groups excluding carboxylic acids is 2. The average molecular weight is 511 g/mol. The van der Waals surface area contributed by atoms with Gasteiger partial charge in [0.15, 0.2) is 11.0 Å². The topological polar surface area (TPSA) is 86.1 Å². The second-order valence-electron chi connectivity index (χ2n) is 7.24. The number of halogens is 2. The third kappa shape index (κ3) is 4.66. The fourth-order valence-electron chi connectivity index (χ4n) is 3.59. The van der Waals surface area contributed by atoms with Crippen LogP contribution in [0, 0.1) is 0 Å². The number of thioether (sulfide) groups is 1. The van der Waals surface area contributed by atoms with Crippen molar-refractivity contribution in [3.63, 3.8) is 0 Å². The summed E-state index contributed by atoms with van der Waals surface area (Å²) in [5.41, 5.74) is 2.28. The molecule has 0 unspecified atom stereocenters. The molecule has 2 aromatic heterocycles. The lowest BCUT2D eigenvalue weighted by Gasteiger charge is -2.11. The minimum atomic E-state index is -0.410. The normalized spacial score (nSPS) is 13.0. The predicted octanol–water partition coefficient (Wildman–Crippen LogP) is 5.25. The number of fused-ring (bicyclic) bond motifs is 1.